The van der Waals surface area contributed by atoms with Crippen LogP contribution in [-0.4, -0.2) is 41.9 Å². The van der Waals surface area contributed by atoms with Crippen LogP contribution in [0.3, 0.4) is 0 Å². The minimum absolute atomic E-state index is 0.000396. The summed E-state index contributed by atoms with van der Waals surface area (Å²) in [6, 6.07) is 4.37. The van der Waals surface area contributed by atoms with E-state index in [-0.39, 0.29) is 40.7 Å². The molecule has 0 fully saturated rings. The predicted octanol–water partition coefficient (Wildman–Crippen LogP) is 2.78. The van der Waals surface area contributed by atoms with E-state index in [0.29, 0.717) is 0 Å². The Morgan fingerprint density at radius 3 is 2.38 bits per heavy atom. The number of benzene rings is 1. The number of aryl methyl sites for hydroxylation is 2. The number of nitrogens with one attached hydrogen (secondary N) is 1. The number of phenols is 1. The number of ketones is 1. The van der Waals surface area contributed by atoms with Gasteiger partial charge in [-0.3, -0.25) is 14.9 Å². The van der Waals surface area contributed by atoms with Gasteiger partial charge in [0.15, 0.2) is 12.4 Å². The van der Waals surface area contributed by atoms with Gasteiger partial charge in [-0.25, -0.2) is 9.59 Å². The summed E-state index contributed by atoms with van der Waals surface area (Å²) in [5.74, 6) is -3.38. The summed E-state index contributed by atoms with van der Waals surface area (Å²) in [5, 5.41) is 12.0. The fourth-order valence-corrected chi connectivity index (χ4v) is 2.64. The van der Waals surface area contributed by atoms with Crippen LogP contribution in [0.1, 0.15) is 56.2 Å². The van der Waals surface area contributed by atoms with Gasteiger partial charge in [0, 0.05) is 0 Å². The number of carbonyl (C=O) groups excluding carboxylic acids is 4. The first-order valence-electron chi connectivity index (χ1n) is 8.73. The molecule has 0 aliphatic rings. The lowest BCUT2D eigenvalue weighted by atomic mass is 10.1. The van der Waals surface area contributed by atoms with Crippen molar-refractivity contribution >= 4 is 29.5 Å². The molecule has 0 aliphatic heterocycles. The summed E-state index contributed by atoms with van der Waals surface area (Å²) < 4.78 is 15.2. The average molecular weight is 403 g/mol. The summed E-state index contributed by atoms with van der Waals surface area (Å²) in [6.07, 6.45) is 0. The normalized spacial score (nSPS) is 10.3. The van der Waals surface area contributed by atoms with Gasteiger partial charge in [0.2, 0.25) is 5.88 Å². The molecule has 0 bridgehead atoms. The van der Waals surface area contributed by atoms with Crippen LogP contribution in [-0.2, 0) is 14.3 Å². The van der Waals surface area contributed by atoms with Crippen molar-refractivity contribution in [1.82, 2.24) is 0 Å². The van der Waals surface area contributed by atoms with Gasteiger partial charge in [-0.05, 0) is 39.8 Å². The standard InChI is InChI=1S/C20H21NO8/c1-5-27-20(26)17-16(11(3)22)12(4)29-18(17)21-15(24)9-28-19(25)13-8-10(2)6-7-14(13)23/h6-8,23H,5,9H2,1-4H3,(H,21,24). The van der Waals surface area contributed by atoms with Gasteiger partial charge in [-0.15, -0.1) is 0 Å². The largest absolute Gasteiger partial charge is 0.507 e. The van der Waals surface area contributed by atoms with E-state index in [9.17, 15) is 24.3 Å². The summed E-state index contributed by atoms with van der Waals surface area (Å²) in [4.78, 5) is 48.3. The number of furan rings is 1. The van der Waals surface area contributed by atoms with E-state index in [1.807, 2.05) is 0 Å². The Morgan fingerprint density at radius 2 is 1.76 bits per heavy atom. The highest BCUT2D eigenvalue weighted by molar-refractivity contribution is 6.11. The van der Waals surface area contributed by atoms with E-state index in [0.717, 1.165) is 5.56 Å². The Hall–Kier alpha value is -3.62. The van der Waals surface area contributed by atoms with Crippen LogP contribution in [0, 0.1) is 13.8 Å². The fraction of sp³-hybridized carbons (Fsp3) is 0.300. The van der Waals surface area contributed by atoms with E-state index in [2.05, 4.69) is 5.32 Å². The Labute approximate surface area is 166 Å². The fourth-order valence-electron chi connectivity index (χ4n) is 2.64. The Morgan fingerprint density at radius 1 is 1.07 bits per heavy atom. The topological polar surface area (TPSA) is 132 Å². The number of hydrogen-bond donors (Lipinski definition) is 2. The Bertz CT molecular complexity index is 973. The van der Waals surface area contributed by atoms with Gasteiger partial charge < -0.3 is 19.0 Å². The molecule has 0 unspecified atom stereocenters. The van der Waals surface area contributed by atoms with Crippen LogP contribution in [0.2, 0.25) is 0 Å². The molecule has 2 aromatic rings. The molecule has 0 atom stereocenters. The van der Waals surface area contributed by atoms with Gasteiger partial charge in [-0.1, -0.05) is 11.6 Å². The highest BCUT2D eigenvalue weighted by atomic mass is 16.5. The zero-order valence-electron chi connectivity index (χ0n) is 16.5. The van der Waals surface area contributed by atoms with Crippen molar-refractivity contribution < 1.29 is 38.2 Å². The average Bonchev–Trinajstić information content (AvgIpc) is 2.97. The third kappa shape index (κ3) is 5.01. The summed E-state index contributed by atoms with van der Waals surface area (Å²) in [5.41, 5.74) is 0.437. The van der Waals surface area contributed by atoms with E-state index in [4.69, 9.17) is 13.9 Å². The summed E-state index contributed by atoms with van der Waals surface area (Å²) in [7, 11) is 0. The van der Waals surface area contributed by atoms with Gasteiger partial charge >= 0.3 is 11.9 Å². The third-order valence-electron chi connectivity index (χ3n) is 3.88. The maximum atomic E-state index is 12.2. The van der Waals surface area contributed by atoms with E-state index >= 15 is 0 Å². The molecule has 9 heteroatoms. The zero-order valence-corrected chi connectivity index (χ0v) is 16.5. The molecular weight excluding hydrogens is 382 g/mol. The predicted molar refractivity (Wildman–Crippen MR) is 101 cm³/mol. The first-order valence-corrected chi connectivity index (χ1v) is 8.73. The highest BCUT2D eigenvalue weighted by Gasteiger charge is 2.29. The van der Waals surface area contributed by atoms with E-state index < -0.39 is 30.2 Å². The van der Waals surface area contributed by atoms with Crippen molar-refractivity contribution in [2.75, 3.05) is 18.5 Å². The number of rotatable bonds is 7. The van der Waals surface area contributed by atoms with Crippen LogP contribution in [0.15, 0.2) is 22.6 Å². The minimum atomic E-state index is -0.896. The monoisotopic (exact) mass is 403 g/mol. The number of aromatic hydroxyl groups is 1. The maximum absolute atomic E-state index is 12.2. The number of anilines is 1. The minimum Gasteiger partial charge on any atom is -0.507 e. The van der Waals surface area contributed by atoms with Gasteiger partial charge in [0.05, 0.1) is 12.2 Å². The molecule has 1 aromatic carbocycles. The van der Waals surface area contributed by atoms with E-state index in [1.165, 1.54) is 26.0 Å². The molecule has 154 valence electrons. The van der Waals surface area contributed by atoms with Crippen molar-refractivity contribution in [3.8, 4) is 5.75 Å². The quantitative estimate of drug-likeness (QED) is 0.533. The number of hydrogen-bond acceptors (Lipinski definition) is 8. The van der Waals surface area contributed by atoms with Crippen molar-refractivity contribution in [1.29, 1.82) is 0 Å². The molecule has 1 aromatic heterocycles. The molecule has 29 heavy (non-hydrogen) atoms. The number of amides is 1. The molecule has 0 saturated carbocycles. The van der Waals surface area contributed by atoms with Gasteiger partial charge in [0.25, 0.3) is 5.91 Å². The molecule has 2 rings (SSSR count). The number of Topliss-reactive ketones (excluding diaryl/α,β-unsaturated/α-hetero) is 1. The SMILES string of the molecule is CCOC(=O)c1c(NC(=O)COC(=O)c2cc(C)ccc2O)oc(C)c1C(C)=O. The second-order valence-electron chi connectivity index (χ2n) is 6.16. The van der Waals surface area contributed by atoms with Gasteiger partial charge in [0.1, 0.15) is 22.6 Å². The third-order valence-corrected chi connectivity index (χ3v) is 3.88. The molecular formula is C20H21NO8. The molecule has 0 radical (unpaired) electrons. The van der Waals surface area contributed by atoms with Crippen LogP contribution >= 0.6 is 0 Å². The lowest BCUT2D eigenvalue weighted by Crippen LogP contribution is -2.22. The first-order chi connectivity index (χ1) is 13.6. The molecule has 1 amide bonds. The van der Waals surface area contributed by atoms with E-state index in [1.54, 1.807) is 19.9 Å². The van der Waals surface area contributed by atoms with Crippen molar-refractivity contribution in [3.63, 3.8) is 0 Å². The number of esters is 2. The number of phenolic OH excluding ortho intramolecular Hbond substituents is 1. The summed E-state index contributed by atoms with van der Waals surface area (Å²) >= 11 is 0. The van der Waals surface area contributed by atoms with Crippen molar-refractivity contribution in [3.05, 3.63) is 46.2 Å². The van der Waals surface area contributed by atoms with Crippen molar-refractivity contribution in [2.45, 2.75) is 27.7 Å². The molecule has 0 saturated heterocycles. The number of carbonyl (C=O) groups is 4. The molecule has 0 aliphatic carbocycles. The Kier molecular flexibility index (Phi) is 6.76. The lowest BCUT2D eigenvalue weighted by molar-refractivity contribution is -0.119. The molecule has 2 N–H and O–H groups in total. The lowest BCUT2D eigenvalue weighted by Gasteiger charge is -2.08. The summed E-state index contributed by atoms with van der Waals surface area (Å²) in [6.45, 7) is 5.40. The second-order valence-corrected chi connectivity index (χ2v) is 6.16. The number of ether oxygens (including phenoxy) is 2. The maximum Gasteiger partial charge on any atom is 0.344 e. The zero-order chi connectivity index (χ0) is 21.7. The molecule has 1 heterocycles. The van der Waals surface area contributed by atoms with Crippen LogP contribution in [0.4, 0.5) is 5.88 Å². The smallest absolute Gasteiger partial charge is 0.344 e. The Balaban J connectivity index is 2.15. The van der Waals surface area contributed by atoms with Crippen molar-refractivity contribution in [2.24, 2.45) is 0 Å². The van der Waals surface area contributed by atoms with Crippen LogP contribution in [0.5, 0.6) is 5.75 Å². The second kappa shape index (κ2) is 9.05. The first kappa shape index (κ1) is 21.7. The molecule has 0 spiro atoms. The highest BCUT2D eigenvalue weighted by Crippen LogP contribution is 2.28. The van der Waals surface area contributed by atoms with Crippen LogP contribution in [0.25, 0.3) is 0 Å². The molecule has 9 nitrogen and oxygen atoms in total. The van der Waals surface area contributed by atoms with Crippen LogP contribution < -0.4 is 5.32 Å². The van der Waals surface area contributed by atoms with Gasteiger partial charge in [-0.2, -0.15) is 0 Å².